The van der Waals surface area contributed by atoms with Crippen LogP contribution in [0.2, 0.25) is 0 Å². The lowest BCUT2D eigenvalue weighted by atomic mass is 10.1. The third-order valence-electron chi connectivity index (χ3n) is 4.01. The Bertz CT molecular complexity index is 784. The van der Waals surface area contributed by atoms with Gasteiger partial charge in [0, 0.05) is 32.2 Å². The zero-order valence-electron chi connectivity index (χ0n) is 18.5. The maximum absolute atomic E-state index is 6.07. The summed E-state index contributed by atoms with van der Waals surface area (Å²) in [6, 6.07) is 16.7. The second-order valence-electron chi connectivity index (χ2n) is 8.16. The number of ether oxygens (including phenoxy) is 1. The Labute approximate surface area is 193 Å². The minimum atomic E-state index is -0.229. The van der Waals surface area contributed by atoms with Crippen molar-refractivity contribution in [2.24, 2.45) is 4.99 Å². The third-order valence-corrected chi connectivity index (χ3v) is 4.01. The maximum Gasteiger partial charge on any atom is 0.191 e. The van der Waals surface area contributed by atoms with E-state index in [0.717, 1.165) is 30.4 Å². The molecule has 0 spiro atoms. The van der Waals surface area contributed by atoms with Gasteiger partial charge < -0.3 is 20.3 Å². The van der Waals surface area contributed by atoms with Crippen molar-refractivity contribution in [2.45, 2.75) is 46.0 Å². The van der Waals surface area contributed by atoms with E-state index in [0.29, 0.717) is 6.54 Å². The van der Waals surface area contributed by atoms with Crippen LogP contribution in [0.15, 0.2) is 53.5 Å². The number of guanidine groups is 1. The van der Waals surface area contributed by atoms with Gasteiger partial charge in [-0.05, 0) is 52.1 Å². The van der Waals surface area contributed by atoms with E-state index in [4.69, 9.17) is 4.74 Å². The molecule has 29 heavy (non-hydrogen) atoms. The number of hydrogen-bond donors (Lipinski definition) is 2. The lowest BCUT2D eigenvalue weighted by Gasteiger charge is -2.23. The average molecular weight is 510 g/mol. The van der Waals surface area contributed by atoms with Crippen LogP contribution in [-0.2, 0) is 19.6 Å². The van der Waals surface area contributed by atoms with Crippen LogP contribution in [-0.4, -0.2) is 37.6 Å². The molecule has 6 heteroatoms. The second-order valence-corrected chi connectivity index (χ2v) is 8.16. The molecule has 2 rings (SSSR count). The second kappa shape index (κ2) is 12.0. The molecule has 0 aliphatic rings. The summed E-state index contributed by atoms with van der Waals surface area (Å²) in [5.74, 6) is 1.66. The lowest BCUT2D eigenvalue weighted by molar-refractivity contribution is 0.129. The summed E-state index contributed by atoms with van der Waals surface area (Å²) in [6.45, 7) is 8.48. The topological polar surface area (TPSA) is 48.9 Å². The van der Waals surface area contributed by atoms with Gasteiger partial charge in [-0.3, -0.25) is 4.99 Å². The van der Waals surface area contributed by atoms with Gasteiger partial charge in [-0.25, -0.2) is 0 Å². The van der Waals surface area contributed by atoms with Crippen LogP contribution in [0, 0.1) is 0 Å². The fraction of sp³-hybridized carbons (Fsp3) is 0.435. The molecule has 0 heterocycles. The van der Waals surface area contributed by atoms with Gasteiger partial charge in [0.1, 0.15) is 11.4 Å². The predicted octanol–water partition coefficient (Wildman–Crippen LogP) is 4.41. The molecule has 0 fully saturated rings. The van der Waals surface area contributed by atoms with Gasteiger partial charge in [0.15, 0.2) is 5.96 Å². The van der Waals surface area contributed by atoms with E-state index >= 15 is 0 Å². The van der Waals surface area contributed by atoms with Crippen LogP contribution in [0.25, 0.3) is 0 Å². The first-order valence-electron chi connectivity index (χ1n) is 9.71. The Morgan fingerprint density at radius 2 is 1.62 bits per heavy atom. The Morgan fingerprint density at radius 1 is 0.966 bits per heavy atom. The summed E-state index contributed by atoms with van der Waals surface area (Å²) < 4.78 is 6.07. The van der Waals surface area contributed by atoms with E-state index in [9.17, 15) is 0 Å². The lowest BCUT2D eigenvalue weighted by Crippen LogP contribution is -2.36. The van der Waals surface area contributed by atoms with Crippen LogP contribution < -0.4 is 15.4 Å². The van der Waals surface area contributed by atoms with Crippen LogP contribution in [0.5, 0.6) is 5.75 Å². The molecule has 0 saturated heterocycles. The molecule has 160 valence electrons. The highest BCUT2D eigenvalue weighted by molar-refractivity contribution is 14.0. The highest BCUT2D eigenvalue weighted by Crippen LogP contribution is 2.22. The number of benzene rings is 2. The Balaban J connectivity index is 0.00000420. The van der Waals surface area contributed by atoms with Crippen LogP contribution in [0.1, 0.15) is 37.5 Å². The van der Waals surface area contributed by atoms with Crippen LogP contribution >= 0.6 is 24.0 Å². The number of aliphatic imine (C=N–C) groups is 1. The standard InChI is InChI=1S/C23H34N4O.HI/c1-23(2,3)28-21-13-8-7-12-20(21)16-26-22(24-4)25-15-18-10-9-11-19(14-18)17-27(5)6;/h7-14H,15-17H2,1-6H3,(H2,24,25,26);1H. The number of nitrogens with one attached hydrogen (secondary N) is 2. The van der Waals surface area contributed by atoms with Gasteiger partial charge in [0.05, 0.1) is 0 Å². The molecular formula is C23H35IN4O. The van der Waals surface area contributed by atoms with Gasteiger partial charge in [-0.1, -0.05) is 42.5 Å². The summed E-state index contributed by atoms with van der Waals surface area (Å²) in [6.07, 6.45) is 0. The van der Waals surface area contributed by atoms with Crippen molar-refractivity contribution < 1.29 is 4.74 Å². The first-order chi connectivity index (χ1) is 13.3. The van der Waals surface area contributed by atoms with E-state index in [1.54, 1.807) is 7.05 Å². The van der Waals surface area contributed by atoms with Crippen molar-refractivity contribution in [2.75, 3.05) is 21.1 Å². The molecule has 0 aliphatic heterocycles. The molecule has 0 amide bonds. The van der Waals surface area contributed by atoms with Crippen molar-refractivity contribution in [1.82, 2.24) is 15.5 Å². The SMILES string of the molecule is CN=C(NCc1cccc(CN(C)C)c1)NCc1ccccc1OC(C)(C)C.I. The zero-order valence-corrected chi connectivity index (χ0v) is 20.8. The van der Waals surface area contributed by atoms with Crippen molar-refractivity contribution >= 4 is 29.9 Å². The highest BCUT2D eigenvalue weighted by atomic mass is 127. The minimum absolute atomic E-state index is 0. The quantitative estimate of drug-likeness (QED) is 0.329. The molecule has 0 atom stereocenters. The van der Waals surface area contributed by atoms with Crippen molar-refractivity contribution in [3.05, 3.63) is 65.2 Å². The molecule has 5 nitrogen and oxygen atoms in total. The number of nitrogens with zero attached hydrogens (tertiary/aromatic N) is 2. The number of halogens is 1. The smallest absolute Gasteiger partial charge is 0.191 e. The largest absolute Gasteiger partial charge is 0.488 e. The van der Waals surface area contributed by atoms with Crippen molar-refractivity contribution in [1.29, 1.82) is 0 Å². The van der Waals surface area contributed by atoms with Crippen LogP contribution in [0.4, 0.5) is 0 Å². The Hall–Kier alpha value is -1.80. The van der Waals surface area contributed by atoms with E-state index in [-0.39, 0.29) is 29.6 Å². The summed E-state index contributed by atoms with van der Waals surface area (Å²) in [5, 5.41) is 6.77. The fourth-order valence-electron chi connectivity index (χ4n) is 2.87. The zero-order chi connectivity index (χ0) is 20.6. The van der Waals surface area contributed by atoms with Gasteiger partial charge in [0.2, 0.25) is 0 Å². The Kier molecular flexibility index (Phi) is 10.5. The molecule has 0 unspecified atom stereocenters. The highest BCUT2D eigenvalue weighted by Gasteiger charge is 2.14. The van der Waals surface area contributed by atoms with Crippen molar-refractivity contribution in [3.8, 4) is 5.75 Å². The van der Waals surface area contributed by atoms with Gasteiger partial charge in [0.25, 0.3) is 0 Å². The van der Waals surface area contributed by atoms with Crippen LogP contribution in [0.3, 0.4) is 0 Å². The number of rotatable bonds is 7. The van der Waals surface area contributed by atoms with Gasteiger partial charge in [-0.2, -0.15) is 0 Å². The molecule has 2 aromatic rings. The summed E-state index contributed by atoms with van der Waals surface area (Å²) in [7, 11) is 5.95. The molecule has 0 aliphatic carbocycles. The molecule has 0 radical (unpaired) electrons. The van der Waals surface area contributed by atoms with E-state index < -0.39 is 0 Å². The average Bonchev–Trinajstić information content (AvgIpc) is 2.61. The molecule has 0 saturated carbocycles. The minimum Gasteiger partial charge on any atom is -0.488 e. The molecular weight excluding hydrogens is 475 g/mol. The molecule has 0 bridgehead atoms. The third kappa shape index (κ3) is 9.49. The summed E-state index contributed by atoms with van der Waals surface area (Å²) in [4.78, 5) is 6.51. The van der Waals surface area contributed by atoms with E-state index in [1.807, 2.05) is 18.2 Å². The number of para-hydroxylation sites is 1. The first-order valence-corrected chi connectivity index (χ1v) is 9.71. The van der Waals surface area contributed by atoms with E-state index in [2.05, 4.69) is 85.7 Å². The normalized spacial score (nSPS) is 11.8. The van der Waals surface area contributed by atoms with Crippen molar-refractivity contribution in [3.63, 3.8) is 0 Å². The Morgan fingerprint density at radius 3 is 2.28 bits per heavy atom. The molecule has 2 aromatic carbocycles. The predicted molar refractivity (Wildman–Crippen MR) is 133 cm³/mol. The fourth-order valence-corrected chi connectivity index (χ4v) is 2.87. The van der Waals surface area contributed by atoms with Gasteiger partial charge in [-0.15, -0.1) is 24.0 Å². The monoisotopic (exact) mass is 510 g/mol. The van der Waals surface area contributed by atoms with E-state index in [1.165, 1.54) is 11.1 Å². The molecule has 0 aromatic heterocycles. The summed E-state index contributed by atoms with van der Waals surface area (Å²) >= 11 is 0. The maximum atomic E-state index is 6.07. The summed E-state index contributed by atoms with van der Waals surface area (Å²) in [5.41, 5.74) is 3.42. The first kappa shape index (κ1) is 25.2. The molecule has 2 N–H and O–H groups in total. The number of hydrogen-bond acceptors (Lipinski definition) is 3. The van der Waals surface area contributed by atoms with Gasteiger partial charge >= 0.3 is 0 Å².